The van der Waals surface area contributed by atoms with Crippen LogP contribution in [0.1, 0.15) is 38.3 Å². The van der Waals surface area contributed by atoms with Crippen LogP contribution in [0.5, 0.6) is 0 Å². The van der Waals surface area contributed by atoms with Crippen molar-refractivity contribution < 1.29 is 17.7 Å². The molecule has 1 rings (SSSR count). The van der Waals surface area contributed by atoms with E-state index in [4.69, 9.17) is 17.7 Å². The van der Waals surface area contributed by atoms with E-state index in [-0.39, 0.29) is 0 Å². The van der Waals surface area contributed by atoms with Gasteiger partial charge in [-0.25, -0.2) is 0 Å². The van der Waals surface area contributed by atoms with Gasteiger partial charge in [-0.2, -0.15) is 0 Å². The maximum Gasteiger partial charge on any atom is 0.679 e. The Bertz CT molecular complexity index is 419. The fraction of sp³-hybridized carbons (Fsp3) is 0.529. The fourth-order valence-corrected chi connectivity index (χ4v) is 4.16. The average Bonchev–Trinajstić information content (AvgIpc) is 2.53. The molecule has 0 aliphatic carbocycles. The van der Waals surface area contributed by atoms with Crippen molar-refractivity contribution in [2.75, 3.05) is 26.4 Å². The van der Waals surface area contributed by atoms with Gasteiger partial charge in [0, 0.05) is 26.4 Å². The molecular formula is C17H28O4Si. The van der Waals surface area contributed by atoms with E-state index in [1.54, 1.807) is 0 Å². The molecule has 22 heavy (non-hydrogen) atoms. The van der Waals surface area contributed by atoms with Gasteiger partial charge in [-0.15, -0.1) is 0 Å². The third kappa shape index (κ3) is 6.02. The summed E-state index contributed by atoms with van der Waals surface area (Å²) in [5, 5.41) is 0. The van der Waals surface area contributed by atoms with Gasteiger partial charge >= 0.3 is 9.05 Å². The molecule has 0 amide bonds. The molecule has 4 nitrogen and oxygen atoms in total. The number of aryl methyl sites for hydroxylation is 1. The normalized spacial score (nSPS) is 11.6. The highest BCUT2D eigenvalue weighted by atomic mass is 28.4. The lowest BCUT2D eigenvalue weighted by Crippen LogP contribution is -2.49. The standard InChI is InChI=1S/C17H28O4Si/c1-5-16-12-9-10-13-17(16)14-11-15-21-22(18-6-2,19-7-3)20-8-4/h5,9-10,12-13H,1,6-8,11,14-15H2,2-4H3. The second-order valence-corrected chi connectivity index (χ2v) is 6.81. The lowest BCUT2D eigenvalue weighted by molar-refractivity contribution is -0.0277. The van der Waals surface area contributed by atoms with Gasteiger partial charge in [0.05, 0.1) is 0 Å². The Balaban J connectivity index is 2.53. The van der Waals surface area contributed by atoms with Crippen molar-refractivity contribution in [2.24, 2.45) is 0 Å². The summed E-state index contributed by atoms with van der Waals surface area (Å²) in [6.07, 6.45) is 3.69. The van der Waals surface area contributed by atoms with E-state index < -0.39 is 9.05 Å². The van der Waals surface area contributed by atoms with Crippen LogP contribution in [-0.2, 0) is 24.1 Å². The molecule has 1 aromatic rings. The molecule has 0 fully saturated rings. The molecule has 0 aromatic heterocycles. The Kier molecular flexibility index (Phi) is 9.27. The van der Waals surface area contributed by atoms with Gasteiger partial charge in [-0.1, -0.05) is 36.9 Å². The molecule has 0 heterocycles. The van der Waals surface area contributed by atoms with E-state index in [2.05, 4.69) is 18.7 Å². The molecule has 0 saturated carbocycles. The van der Waals surface area contributed by atoms with E-state index in [1.165, 1.54) is 11.1 Å². The van der Waals surface area contributed by atoms with Gasteiger partial charge in [-0.3, -0.25) is 0 Å². The first-order valence-electron chi connectivity index (χ1n) is 7.97. The molecule has 0 spiro atoms. The second kappa shape index (κ2) is 10.7. The third-order valence-electron chi connectivity index (χ3n) is 3.11. The quantitative estimate of drug-likeness (QED) is 0.432. The van der Waals surface area contributed by atoms with Crippen LogP contribution in [0.4, 0.5) is 0 Å². The fourth-order valence-electron chi connectivity index (χ4n) is 2.20. The molecule has 0 unspecified atom stereocenters. The SMILES string of the molecule is C=Cc1ccccc1CCCO[Si](OCC)(OCC)OCC. The summed E-state index contributed by atoms with van der Waals surface area (Å²) in [7, 11) is -2.98. The zero-order chi connectivity index (χ0) is 16.3. The predicted octanol–water partition coefficient (Wildman–Crippen LogP) is 3.82. The van der Waals surface area contributed by atoms with Crippen molar-refractivity contribution in [1.82, 2.24) is 0 Å². The Morgan fingerprint density at radius 2 is 1.55 bits per heavy atom. The van der Waals surface area contributed by atoms with Crippen LogP contribution in [0.3, 0.4) is 0 Å². The van der Waals surface area contributed by atoms with Crippen LogP contribution < -0.4 is 0 Å². The van der Waals surface area contributed by atoms with Crippen LogP contribution in [0.2, 0.25) is 0 Å². The zero-order valence-electron chi connectivity index (χ0n) is 14.0. The lowest BCUT2D eigenvalue weighted by atomic mass is 10.0. The minimum absolute atomic E-state index is 0.519. The highest BCUT2D eigenvalue weighted by Crippen LogP contribution is 2.15. The molecule has 0 aliphatic heterocycles. The Morgan fingerprint density at radius 3 is 2.09 bits per heavy atom. The molecular weight excluding hydrogens is 296 g/mol. The van der Waals surface area contributed by atoms with Crippen molar-refractivity contribution in [2.45, 2.75) is 33.6 Å². The summed E-state index contributed by atoms with van der Waals surface area (Å²) in [5.74, 6) is 0. The maximum atomic E-state index is 5.89. The number of hydrogen-bond donors (Lipinski definition) is 0. The summed E-state index contributed by atoms with van der Waals surface area (Å²) >= 11 is 0. The largest absolute Gasteiger partial charge is 0.679 e. The topological polar surface area (TPSA) is 36.9 Å². The third-order valence-corrected chi connectivity index (χ3v) is 5.59. The van der Waals surface area contributed by atoms with Gasteiger partial charge in [-0.05, 0) is 44.7 Å². The van der Waals surface area contributed by atoms with E-state index >= 15 is 0 Å². The van der Waals surface area contributed by atoms with Crippen LogP contribution in [0.25, 0.3) is 6.08 Å². The first-order chi connectivity index (χ1) is 10.7. The van der Waals surface area contributed by atoms with E-state index in [0.717, 1.165) is 12.8 Å². The molecule has 1 aromatic carbocycles. The van der Waals surface area contributed by atoms with Crippen molar-refractivity contribution in [3.63, 3.8) is 0 Å². The van der Waals surface area contributed by atoms with Crippen LogP contribution in [0.15, 0.2) is 30.8 Å². The van der Waals surface area contributed by atoms with Gasteiger partial charge in [0.2, 0.25) is 0 Å². The van der Waals surface area contributed by atoms with Crippen LogP contribution in [-0.4, -0.2) is 35.5 Å². The number of rotatable bonds is 12. The molecule has 5 heteroatoms. The molecule has 0 bridgehead atoms. The predicted molar refractivity (Wildman–Crippen MR) is 91.4 cm³/mol. The van der Waals surface area contributed by atoms with Crippen LogP contribution >= 0.6 is 0 Å². The van der Waals surface area contributed by atoms with Crippen molar-refractivity contribution in [3.8, 4) is 0 Å². The van der Waals surface area contributed by atoms with Gasteiger partial charge in [0.15, 0.2) is 0 Å². The molecule has 0 N–H and O–H groups in total. The summed E-state index contributed by atoms with van der Waals surface area (Å²) in [4.78, 5) is 0. The highest BCUT2D eigenvalue weighted by molar-refractivity contribution is 6.53. The second-order valence-electron chi connectivity index (χ2n) is 4.65. The summed E-state index contributed by atoms with van der Waals surface area (Å²) in [5.41, 5.74) is 2.45. The summed E-state index contributed by atoms with van der Waals surface area (Å²) in [6.45, 7) is 11.7. The van der Waals surface area contributed by atoms with Crippen molar-refractivity contribution in [3.05, 3.63) is 42.0 Å². The van der Waals surface area contributed by atoms with Crippen LogP contribution in [0, 0.1) is 0 Å². The summed E-state index contributed by atoms with van der Waals surface area (Å²) in [6, 6.07) is 8.26. The Morgan fingerprint density at radius 1 is 0.955 bits per heavy atom. The molecule has 0 atom stereocenters. The molecule has 0 saturated heterocycles. The minimum atomic E-state index is -2.98. The zero-order valence-corrected chi connectivity index (χ0v) is 15.0. The van der Waals surface area contributed by atoms with E-state index in [0.29, 0.717) is 26.4 Å². The highest BCUT2D eigenvalue weighted by Gasteiger charge is 2.44. The van der Waals surface area contributed by atoms with E-state index in [1.807, 2.05) is 39.0 Å². The monoisotopic (exact) mass is 324 g/mol. The first kappa shape index (κ1) is 19.1. The van der Waals surface area contributed by atoms with Gasteiger partial charge < -0.3 is 17.7 Å². The van der Waals surface area contributed by atoms with Gasteiger partial charge in [0.1, 0.15) is 0 Å². The Hall–Kier alpha value is -0.983. The van der Waals surface area contributed by atoms with Gasteiger partial charge in [0.25, 0.3) is 0 Å². The Labute approximate surface area is 135 Å². The minimum Gasteiger partial charge on any atom is -0.351 e. The van der Waals surface area contributed by atoms with Crippen molar-refractivity contribution in [1.29, 1.82) is 0 Å². The molecule has 0 aliphatic rings. The first-order valence-corrected chi connectivity index (χ1v) is 9.60. The average molecular weight is 324 g/mol. The number of hydrogen-bond acceptors (Lipinski definition) is 4. The molecule has 0 radical (unpaired) electrons. The summed E-state index contributed by atoms with van der Waals surface area (Å²) < 4.78 is 22.9. The van der Waals surface area contributed by atoms with Crippen molar-refractivity contribution >= 4 is 15.1 Å². The smallest absolute Gasteiger partial charge is 0.351 e. The molecule has 124 valence electrons. The maximum absolute atomic E-state index is 5.89. The lowest BCUT2D eigenvalue weighted by Gasteiger charge is -2.26. The number of benzene rings is 1. The van der Waals surface area contributed by atoms with E-state index in [9.17, 15) is 0 Å².